The van der Waals surface area contributed by atoms with E-state index in [-0.39, 0.29) is 18.4 Å². The van der Waals surface area contributed by atoms with Crippen molar-refractivity contribution in [2.75, 3.05) is 18.0 Å². The first kappa shape index (κ1) is 9.71. The zero-order valence-electron chi connectivity index (χ0n) is 8.60. The van der Waals surface area contributed by atoms with Gasteiger partial charge in [-0.3, -0.25) is 15.1 Å². The number of guanidine groups is 1. The van der Waals surface area contributed by atoms with Gasteiger partial charge >= 0.3 is 0 Å². The van der Waals surface area contributed by atoms with Crippen LogP contribution in [0.1, 0.15) is 6.92 Å². The molecule has 1 aromatic carbocycles. The van der Waals surface area contributed by atoms with Crippen molar-refractivity contribution in [3.63, 3.8) is 0 Å². The van der Waals surface area contributed by atoms with Crippen molar-refractivity contribution in [1.82, 2.24) is 4.90 Å². The maximum atomic E-state index is 11.5. The molecular formula is C11H13N3O. The van der Waals surface area contributed by atoms with Crippen LogP contribution in [0.3, 0.4) is 0 Å². The van der Waals surface area contributed by atoms with Gasteiger partial charge in [0.05, 0.1) is 0 Å². The van der Waals surface area contributed by atoms with Crippen LogP contribution in [0.15, 0.2) is 30.3 Å². The van der Waals surface area contributed by atoms with Gasteiger partial charge in [-0.2, -0.15) is 0 Å². The molecule has 1 N–H and O–H groups in total. The first-order valence-corrected chi connectivity index (χ1v) is 4.95. The van der Waals surface area contributed by atoms with E-state index >= 15 is 0 Å². The van der Waals surface area contributed by atoms with Crippen molar-refractivity contribution in [3.05, 3.63) is 30.3 Å². The van der Waals surface area contributed by atoms with Crippen LogP contribution in [0.25, 0.3) is 0 Å². The van der Waals surface area contributed by atoms with E-state index in [9.17, 15) is 4.79 Å². The lowest BCUT2D eigenvalue weighted by atomic mass is 10.3. The lowest BCUT2D eigenvalue weighted by molar-refractivity contribution is -0.124. The van der Waals surface area contributed by atoms with Crippen molar-refractivity contribution in [1.29, 1.82) is 5.41 Å². The third kappa shape index (κ3) is 1.58. The van der Waals surface area contributed by atoms with Gasteiger partial charge in [0.1, 0.15) is 6.54 Å². The SMILES string of the molecule is CCN1C(=N)N(c2ccccc2)CC1=O. The second-order valence-corrected chi connectivity index (χ2v) is 3.38. The van der Waals surface area contributed by atoms with E-state index in [0.717, 1.165) is 5.69 Å². The van der Waals surface area contributed by atoms with Gasteiger partial charge in [-0.1, -0.05) is 18.2 Å². The van der Waals surface area contributed by atoms with Crippen molar-refractivity contribution in [2.24, 2.45) is 0 Å². The van der Waals surface area contributed by atoms with E-state index in [1.165, 1.54) is 4.90 Å². The van der Waals surface area contributed by atoms with Crippen molar-refractivity contribution >= 4 is 17.6 Å². The Balaban J connectivity index is 2.27. The molecule has 0 aromatic heterocycles. The third-order valence-electron chi connectivity index (χ3n) is 2.49. The molecule has 0 radical (unpaired) electrons. The molecule has 0 atom stereocenters. The lowest BCUT2D eigenvalue weighted by Gasteiger charge is -2.18. The minimum absolute atomic E-state index is 0.00801. The number of benzene rings is 1. The molecule has 1 aliphatic rings. The summed E-state index contributed by atoms with van der Waals surface area (Å²) in [5.41, 5.74) is 0.895. The van der Waals surface area contributed by atoms with Crippen LogP contribution >= 0.6 is 0 Å². The Kier molecular flexibility index (Phi) is 2.41. The van der Waals surface area contributed by atoms with Gasteiger partial charge in [0.2, 0.25) is 11.9 Å². The number of amides is 1. The summed E-state index contributed by atoms with van der Waals surface area (Å²) < 4.78 is 0. The minimum atomic E-state index is -0.00801. The molecule has 1 heterocycles. The molecule has 0 bridgehead atoms. The number of nitrogens with zero attached hydrogens (tertiary/aromatic N) is 2. The molecule has 2 rings (SSSR count). The fourth-order valence-corrected chi connectivity index (χ4v) is 1.71. The number of carbonyl (C=O) groups is 1. The predicted octanol–water partition coefficient (Wildman–Crippen LogP) is 1.29. The van der Waals surface area contributed by atoms with Crippen LogP contribution in [0.5, 0.6) is 0 Å². The number of anilines is 1. The maximum absolute atomic E-state index is 11.5. The van der Waals surface area contributed by atoms with Crippen LogP contribution in [0.4, 0.5) is 5.69 Å². The monoisotopic (exact) mass is 203 g/mol. The summed E-state index contributed by atoms with van der Waals surface area (Å²) in [5.74, 6) is 0.264. The van der Waals surface area contributed by atoms with Crippen LogP contribution in [-0.4, -0.2) is 29.9 Å². The largest absolute Gasteiger partial charge is 0.303 e. The Hall–Kier alpha value is -1.84. The van der Waals surface area contributed by atoms with E-state index in [1.54, 1.807) is 4.90 Å². The highest BCUT2D eigenvalue weighted by atomic mass is 16.2. The maximum Gasteiger partial charge on any atom is 0.249 e. The van der Waals surface area contributed by atoms with Gasteiger partial charge in [0.25, 0.3) is 0 Å². The number of hydrogen-bond acceptors (Lipinski definition) is 2. The fourth-order valence-electron chi connectivity index (χ4n) is 1.71. The third-order valence-corrected chi connectivity index (χ3v) is 2.49. The first-order chi connectivity index (χ1) is 7.24. The zero-order chi connectivity index (χ0) is 10.8. The van der Waals surface area contributed by atoms with Crippen molar-refractivity contribution in [3.8, 4) is 0 Å². The smallest absolute Gasteiger partial charge is 0.249 e. The highest BCUT2D eigenvalue weighted by Crippen LogP contribution is 2.19. The molecule has 1 saturated heterocycles. The topological polar surface area (TPSA) is 47.4 Å². The van der Waals surface area contributed by atoms with Crippen LogP contribution in [-0.2, 0) is 4.79 Å². The molecule has 1 fully saturated rings. The van der Waals surface area contributed by atoms with Crippen LogP contribution in [0.2, 0.25) is 0 Å². The molecule has 4 heteroatoms. The number of nitrogens with one attached hydrogen (secondary N) is 1. The highest BCUT2D eigenvalue weighted by molar-refractivity contribution is 6.13. The number of rotatable bonds is 2. The first-order valence-electron chi connectivity index (χ1n) is 4.95. The normalized spacial score (nSPS) is 16.3. The summed E-state index contributed by atoms with van der Waals surface area (Å²) in [6, 6.07) is 9.54. The molecule has 0 spiro atoms. The van der Waals surface area contributed by atoms with E-state index in [2.05, 4.69) is 0 Å². The second-order valence-electron chi connectivity index (χ2n) is 3.38. The number of likely N-dealkylation sites (N-methyl/N-ethyl adjacent to an activating group) is 1. The highest BCUT2D eigenvalue weighted by Gasteiger charge is 2.32. The fraction of sp³-hybridized carbons (Fsp3) is 0.273. The molecule has 15 heavy (non-hydrogen) atoms. The summed E-state index contributed by atoms with van der Waals surface area (Å²) in [6.07, 6.45) is 0. The van der Waals surface area contributed by atoms with E-state index in [1.807, 2.05) is 37.3 Å². The van der Waals surface area contributed by atoms with Crippen LogP contribution < -0.4 is 4.90 Å². The van der Waals surface area contributed by atoms with E-state index in [0.29, 0.717) is 6.54 Å². The van der Waals surface area contributed by atoms with Crippen molar-refractivity contribution in [2.45, 2.75) is 6.92 Å². The molecule has 0 unspecified atom stereocenters. The summed E-state index contributed by atoms with van der Waals surface area (Å²) in [5, 5.41) is 7.86. The summed E-state index contributed by atoms with van der Waals surface area (Å²) in [7, 11) is 0. The Morgan fingerprint density at radius 3 is 2.53 bits per heavy atom. The zero-order valence-corrected chi connectivity index (χ0v) is 8.60. The lowest BCUT2D eigenvalue weighted by Crippen LogP contribution is -2.33. The number of carbonyl (C=O) groups excluding carboxylic acids is 1. The summed E-state index contributed by atoms with van der Waals surface area (Å²) >= 11 is 0. The Morgan fingerprint density at radius 2 is 2.00 bits per heavy atom. The van der Waals surface area contributed by atoms with Gasteiger partial charge in [0.15, 0.2) is 0 Å². The number of hydrogen-bond donors (Lipinski definition) is 1. The standard InChI is InChI=1S/C11H13N3O/c1-2-13-10(15)8-14(11(13)12)9-6-4-3-5-7-9/h3-7,12H,2,8H2,1H3. The van der Waals surface area contributed by atoms with Gasteiger partial charge in [-0.15, -0.1) is 0 Å². The van der Waals surface area contributed by atoms with Gasteiger partial charge in [-0.25, -0.2) is 0 Å². The average Bonchev–Trinajstić information content (AvgIpc) is 2.55. The van der Waals surface area contributed by atoms with Gasteiger partial charge in [-0.05, 0) is 19.1 Å². The molecule has 0 aliphatic carbocycles. The summed E-state index contributed by atoms with van der Waals surface area (Å²) in [4.78, 5) is 14.7. The Bertz CT molecular complexity index is 388. The second kappa shape index (κ2) is 3.73. The molecular weight excluding hydrogens is 190 g/mol. The summed E-state index contributed by atoms with van der Waals surface area (Å²) in [6.45, 7) is 2.71. The minimum Gasteiger partial charge on any atom is -0.303 e. The Labute approximate surface area is 88.6 Å². The molecule has 1 aliphatic heterocycles. The Morgan fingerprint density at radius 1 is 1.33 bits per heavy atom. The van der Waals surface area contributed by atoms with Crippen LogP contribution in [0, 0.1) is 5.41 Å². The quantitative estimate of drug-likeness (QED) is 0.787. The molecule has 4 nitrogen and oxygen atoms in total. The molecule has 78 valence electrons. The predicted molar refractivity (Wildman–Crippen MR) is 58.9 cm³/mol. The van der Waals surface area contributed by atoms with E-state index < -0.39 is 0 Å². The molecule has 1 aromatic rings. The average molecular weight is 203 g/mol. The molecule has 1 amide bonds. The van der Waals surface area contributed by atoms with Gasteiger partial charge in [0, 0.05) is 12.2 Å². The number of para-hydroxylation sites is 1. The molecule has 0 saturated carbocycles. The van der Waals surface area contributed by atoms with Gasteiger partial charge < -0.3 is 4.90 Å². The van der Waals surface area contributed by atoms with E-state index in [4.69, 9.17) is 5.41 Å². The van der Waals surface area contributed by atoms with Crippen molar-refractivity contribution < 1.29 is 4.79 Å².